The molecule has 0 aromatic carbocycles. The summed E-state index contributed by atoms with van der Waals surface area (Å²) in [6.45, 7) is 7.36. The molecule has 3 heterocycles. The highest BCUT2D eigenvalue weighted by Crippen LogP contribution is 2.47. The average molecular weight is 438 g/mol. The van der Waals surface area contributed by atoms with E-state index in [0.29, 0.717) is 30.3 Å². The van der Waals surface area contributed by atoms with Crippen molar-refractivity contribution in [1.82, 2.24) is 24.4 Å². The van der Waals surface area contributed by atoms with Crippen molar-refractivity contribution in [3.05, 3.63) is 30.5 Å². The Morgan fingerprint density at radius 3 is 2.59 bits per heavy atom. The van der Waals surface area contributed by atoms with Crippen LogP contribution in [0.5, 0.6) is 0 Å². The maximum absolute atomic E-state index is 12.8. The number of amides is 2. The number of nitrogens with zero attached hydrogens (tertiary/aromatic N) is 6. The highest BCUT2D eigenvalue weighted by atomic mass is 16.2. The first-order chi connectivity index (χ1) is 15.4. The van der Waals surface area contributed by atoms with Gasteiger partial charge in [0.2, 0.25) is 5.95 Å². The highest BCUT2D eigenvalue weighted by molar-refractivity contribution is 5.94. The molecule has 2 aliphatic carbocycles. The number of urea groups is 1. The molecule has 3 aliphatic rings. The summed E-state index contributed by atoms with van der Waals surface area (Å²) in [7, 11) is 1.85. The lowest BCUT2D eigenvalue weighted by atomic mass is 9.87. The van der Waals surface area contributed by atoms with Crippen LogP contribution in [0.25, 0.3) is 0 Å². The molecule has 0 radical (unpaired) electrons. The normalized spacial score (nSPS) is 27.3. The number of carbonyl (C=O) groups excluding carboxylic acids is 1. The van der Waals surface area contributed by atoms with Crippen LogP contribution in [-0.2, 0) is 5.54 Å². The Bertz CT molecular complexity index is 974. The van der Waals surface area contributed by atoms with Gasteiger partial charge in [0.05, 0.1) is 23.6 Å². The van der Waals surface area contributed by atoms with Gasteiger partial charge in [0.1, 0.15) is 5.82 Å². The third-order valence-electron chi connectivity index (χ3n) is 7.58. The minimum Gasteiger partial charge on any atom is -0.343 e. The summed E-state index contributed by atoms with van der Waals surface area (Å²) < 4.78 is 2.31. The van der Waals surface area contributed by atoms with Crippen LogP contribution in [0, 0.1) is 11.8 Å². The summed E-state index contributed by atoms with van der Waals surface area (Å²) in [5.74, 6) is 2.41. The van der Waals surface area contributed by atoms with Crippen LogP contribution in [0.3, 0.4) is 0 Å². The molecular formula is C24H35N7O. The van der Waals surface area contributed by atoms with Gasteiger partial charge in [0, 0.05) is 32.0 Å². The highest BCUT2D eigenvalue weighted by Gasteiger charge is 2.47. The fourth-order valence-electron chi connectivity index (χ4n) is 5.19. The zero-order chi connectivity index (χ0) is 22.5. The van der Waals surface area contributed by atoms with Crippen molar-refractivity contribution >= 4 is 17.8 Å². The van der Waals surface area contributed by atoms with E-state index in [1.165, 1.54) is 25.7 Å². The van der Waals surface area contributed by atoms with E-state index in [4.69, 9.17) is 9.97 Å². The minimum atomic E-state index is -0.199. The van der Waals surface area contributed by atoms with Gasteiger partial charge in [-0.15, -0.1) is 0 Å². The van der Waals surface area contributed by atoms with Crippen LogP contribution in [0.2, 0.25) is 0 Å². The zero-order valence-electron chi connectivity index (χ0n) is 19.7. The molecule has 8 heteroatoms. The van der Waals surface area contributed by atoms with Crippen LogP contribution in [0.15, 0.2) is 24.8 Å². The van der Waals surface area contributed by atoms with Crippen molar-refractivity contribution in [2.45, 2.75) is 76.9 Å². The van der Waals surface area contributed by atoms with Crippen LogP contribution in [-0.4, -0.2) is 50.1 Å². The van der Waals surface area contributed by atoms with E-state index in [0.717, 1.165) is 24.5 Å². The minimum absolute atomic E-state index is 0.00460. The van der Waals surface area contributed by atoms with Crippen LogP contribution in [0.1, 0.15) is 71.0 Å². The third kappa shape index (κ3) is 3.84. The summed E-state index contributed by atoms with van der Waals surface area (Å²) >= 11 is 0. The monoisotopic (exact) mass is 437 g/mol. The molecule has 2 aromatic heterocycles. The molecule has 5 rings (SSSR count). The average Bonchev–Trinajstić information content (AvgIpc) is 3.25. The second-order valence-corrected chi connectivity index (χ2v) is 10.4. The number of hydrogen-bond donors (Lipinski definition) is 1. The van der Waals surface area contributed by atoms with Gasteiger partial charge in [-0.1, -0.05) is 20.8 Å². The van der Waals surface area contributed by atoms with E-state index in [9.17, 15) is 4.79 Å². The predicted octanol–water partition coefficient (Wildman–Crippen LogP) is 4.42. The summed E-state index contributed by atoms with van der Waals surface area (Å²) in [6.07, 6.45) is 13.0. The Morgan fingerprint density at radius 1 is 1.16 bits per heavy atom. The van der Waals surface area contributed by atoms with Crippen molar-refractivity contribution in [1.29, 1.82) is 0 Å². The molecule has 1 N–H and O–H groups in total. The van der Waals surface area contributed by atoms with Gasteiger partial charge in [-0.2, -0.15) is 4.98 Å². The van der Waals surface area contributed by atoms with Gasteiger partial charge >= 0.3 is 6.03 Å². The first-order valence-electron chi connectivity index (χ1n) is 12.1. The van der Waals surface area contributed by atoms with Gasteiger partial charge in [-0.25, -0.2) is 14.8 Å². The Kier molecular flexibility index (Phi) is 5.34. The predicted molar refractivity (Wildman–Crippen MR) is 125 cm³/mol. The van der Waals surface area contributed by atoms with Crippen molar-refractivity contribution in [2.24, 2.45) is 11.8 Å². The van der Waals surface area contributed by atoms with E-state index in [-0.39, 0.29) is 17.6 Å². The van der Waals surface area contributed by atoms with Crippen molar-refractivity contribution in [2.75, 3.05) is 23.8 Å². The maximum atomic E-state index is 12.8. The fourth-order valence-corrected chi connectivity index (χ4v) is 5.19. The molecule has 3 fully saturated rings. The molecule has 0 spiro atoms. The Labute approximate surface area is 190 Å². The van der Waals surface area contributed by atoms with Crippen LogP contribution in [0.4, 0.5) is 16.6 Å². The quantitative estimate of drug-likeness (QED) is 0.724. The Balaban J connectivity index is 1.33. The second-order valence-electron chi connectivity index (χ2n) is 10.4. The van der Waals surface area contributed by atoms with Crippen molar-refractivity contribution in [3.63, 3.8) is 0 Å². The lowest BCUT2D eigenvalue weighted by molar-refractivity contribution is 0.229. The molecular weight excluding hydrogens is 402 g/mol. The molecule has 2 saturated carbocycles. The number of anilines is 2. The van der Waals surface area contributed by atoms with Crippen LogP contribution >= 0.6 is 0 Å². The largest absolute Gasteiger partial charge is 0.343 e. The topological polar surface area (TPSA) is 79.2 Å². The molecule has 2 aromatic rings. The summed E-state index contributed by atoms with van der Waals surface area (Å²) in [6, 6.07) is 2.50. The van der Waals surface area contributed by atoms with Gasteiger partial charge in [-0.05, 0) is 56.4 Å². The number of likely N-dealkylation sites (N-methyl/N-ethyl adjacent to an activating group) is 1. The molecule has 8 nitrogen and oxygen atoms in total. The number of hydrogen-bond acceptors (Lipinski definition) is 5. The number of imidazole rings is 1. The van der Waals surface area contributed by atoms with Gasteiger partial charge in [0.15, 0.2) is 0 Å². The SMILES string of the molecule is CC1CCC(n2cnc(C3(Nc4nccc(N5C(=O)N(C)C[C@@H]5C(C)C)n4)CC3)c2)CC1. The van der Waals surface area contributed by atoms with Crippen LogP contribution < -0.4 is 10.2 Å². The summed E-state index contributed by atoms with van der Waals surface area (Å²) in [4.78, 5) is 30.4. The van der Waals surface area contributed by atoms with E-state index in [2.05, 4.69) is 41.8 Å². The van der Waals surface area contributed by atoms with Crippen molar-refractivity contribution < 1.29 is 4.79 Å². The molecule has 0 bridgehead atoms. The molecule has 1 aliphatic heterocycles. The first-order valence-corrected chi connectivity index (χ1v) is 12.1. The first kappa shape index (κ1) is 21.2. The molecule has 1 atom stereocenters. The number of carbonyl (C=O) groups is 1. The smallest absolute Gasteiger partial charge is 0.325 e. The molecule has 2 amide bonds. The zero-order valence-corrected chi connectivity index (χ0v) is 19.7. The molecule has 1 saturated heterocycles. The van der Waals surface area contributed by atoms with E-state index < -0.39 is 0 Å². The third-order valence-corrected chi connectivity index (χ3v) is 7.58. The van der Waals surface area contributed by atoms with Gasteiger partial charge in [0.25, 0.3) is 0 Å². The fraction of sp³-hybridized carbons (Fsp3) is 0.667. The van der Waals surface area contributed by atoms with Crippen molar-refractivity contribution in [3.8, 4) is 0 Å². The Hall–Kier alpha value is -2.64. The lowest BCUT2D eigenvalue weighted by Gasteiger charge is -2.27. The van der Waals surface area contributed by atoms with Gasteiger partial charge in [-0.3, -0.25) is 4.90 Å². The second kappa shape index (κ2) is 8.05. The number of aromatic nitrogens is 4. The van der Waals surface area contributed by atoms with E-state index >= 15 is 0 Å². The molecule has 172 valence electrons. The number of nitrogens with one attached hydrogen (secondary N) is 1. The standard InChI is InChI=1S/C24H35N7O/c1-16(2)19-13-29(4)23(32)31(19)21-9-12-25-22(27-21)28-24(10-11-24)20-14-30(15-26-20)18-7-5-17(3)6-8-18/h9,12,14-19H,5-8,10-11,13H2,1-4H3,(H,25,27,28)/t17?,18?,19-/m1/s1. The number of rotatable bonds is 6. The molecule has 0 unspecified atom stereocenters. The Morgan fingerprint density at radius 2 is 1.91 bits per heavy atom. The summed E-state index contributed by atoms with van der Waals surface area (Å²) in [5.41, 5.74) is 0.872. The van der Waals surface area contributed by atoms with E-state index in [1.54, 1.807) is 11.1 Å². The van der Waals surface area contributed by atoms with E-state index in [1.807, 2.05) is 24.3 Å². The molecule has 32 heavy (non-hydrogen) atoms. The summed E-state index contributed by atoms with van der Waals surface area (Å²) in [5, 5.41) is 3.55. The van der Waals surface area contributed by atoms with Gasteiger partial charge < -0.3 is 14.8 Å². The lowest BCUT2D eigenvalue weighted by Crippen LogP contribution is -2.38. The maximum Gasteiger partial charge on any atom is 0.325 e.